The first kappa shape index (κ1) is 14.1. The SMILES string of the molecule is Cc1occc1-c1nnc(SCCOCCO)n1C. The van der Waals surface area contributed by atoms with Crippen molar-refractivity contribution in [1.82, 2.24) is 14.8 Å². The van der Waals surface area contributed by atoms with Crippen LogP contribution < -0.4 is 0 Å². The molecule has 0 aromatic carbocycles. The molecule has 104 valence electrons. The van der Waals surface area contributed by atoms with Gasteiger partial charge in [0.05, 0.1) is 31.6 Å². The number of aliphatic hydroxyl groups excluding tert-OH is 1. The molecule has 0 aliphatic carbocycles. The van der Waals surface area contributed by atoms with Gasteiger partial charge in [-0.1, -0.05) is 11.8 Å². The lowest BCUT2D eigenvalue weighted by atomic mass is 10.2. The summed E-state index contributed by atoms with van der Waals surface area (Å²) in [6, 6.07) is 1.89. The number of hydrogen-bond acceptors (Lipinski definition) is 6. The first-order chi connectivity index (χ1) is 9.24. The van der Waals surface area contributed by atoms with Crippen molar-refractivity contribution in [2.75, 3.05) is 25.6 Å². The summed E-state index contributed by atoms with van der Waals surface area (Å²) in [4.78, 5) is 0. The molecule has 19 heavy (non-hydrogen) atoms. The maximum Gasteiger partial charge on any atom is 0.191 e. The Bertz CT molecular complexity index is 524. The number of ether oxygens (including phenoxy) is 1. The highest BCUT2D eigenvalue weighted by Crippen LogP contribution is 2.25. The normalized spacial score (nSPS) is 11.1. The lowest BCUT2D eigenvalue weighted by molar-refractivity contribution is 0.103. The molecule has 1 N–H and O–H groups in total. The van der Waals surface area contributed by atoms with Crippen LogP contribution in [0.25, 0.3) is 11.4 Å². The zero-order valence-electron chi connectivity index (χ0n) is 11.0. The highest BCUT2D eigenvalue weighted by molar-refractivity contribution is 7.99. The van der Waals surface area contributed by atoms with Crippen LogP contribution in [0.2, 0.25) is 0 Å². The third-order valence-corrected chi connectivity index (χ3v) is 3.61. The highest BCUT2D eigenvalue weighted by Gasteiger charge is 2.14. The molecule has 0 amide bonds. The Morgan fingerprint density at radius 1 is 1.42 bits per heavy atom. The van der Waals surface area contributed by atoms with Gasteiger partial charge in [-0.3, -0.25) is 0 Å². The van der Waals surface area contributed by atoms with E-state index in [1.165, 1.54) is 0 Å². The lowest BCUT2D eigenvalue weighted by Crippen LogP contribution is -2.03. The number of rotatable bonds is 7. The van der Waals surface area contributed by atoms with Crippen LogP contribution in [0.1, 0.15) is 5.76 Å². The smallest absolute Gasteiger partial charge is 0.191 e. The molecule has 2 heterocycles. The first-order valence-electron chi connectivity index (χ1n) is 5.99. The molecule has 2 rings (SSSR count). The Morgan fingerprint density at radius 3 is 2.95 bits per heavy atom. The number of aryl methyl sites for hydroxylation is 1. The molecular weight excluding hydrogens is 266 g/mol. The van der Waals surface area contributed by atoms with E-state index in [9.17, 15) is 0 Å². The summed E-state index contributed by atoms with van der Waals surface area (Å²) in [7, 11) is 1.93. The molecule has 0 saturated heterocycles. The number of thioether (sulfide) groups is 1. The Kier molecular flexibility index (Phi) is 5.00. The molecule has 0 radical (unpaired) electrons. The van der Waals surface area contributed by atoms with E-state index in [2.05, 4.69) is 10.2 Å². The topological polar surface area (TPSA) is 73.3 Å². The zero-order chi connectivity index (χ0) is 13.7. The van der Waals surface area contributed by atoms with Gasteiger partial charge in [-0.15, -0.1) is 10.2 Å². The highest BCUT2D eigenvalue weighted by atomic mass is 32.2. The van der Waals surface area contributed by atoms with Crippen LogP contribution in [0.5, 0.6) is 0 Å². The fourth-order valence-corrected chi connectivity index (χ4v) is 2.41. The molecule has 7 heteroatoms. The third kappa shape index (κ3) is 3.37. The van der Waals surface area contributed by atoms with Crippen molar-refractivity contribution < 1.29 is 14.3 Å². The minimum absolute atomic E-state index is 0.0541. The van der Waals surface area contributed by atoms with Gasteiger partial charge in [0, 0.05) is 12.8 Å². The fourth-order valence-electron chi connectivity index (χ4n) is 1.65. The summed E-state index contributed by atoms with van der Waals surface area (Å²) in [6.45, 7) is 2.91. The average molecular weight is 283 g/mol. The van der Waals surface area contributed by atoms with Gasteiger partial charge in [-0.25, -0.2) is 0 Å². The molecule has 0 unspecified atom stereocenters. The number of furan rings is 1. The van der Waals surface area contributed by atoms with Gasteiger partial charge in [0.15, 0.2) is 11.0 Å². The summed E-state index contributed by atoms with van der Waals surface area (Å²) < 4.78 is 12.4. The van der Waals surface area contributed by atoms with Gasteiger partial charge in [0.2, 0.25) is 0 Å². The van der Waals surface area contributed by atoms with E-state index in [1.807, 2.05) is 24.6 Å². The van der Waals surface area contributed by atoms with Crippen molar-refractivity contribution >= 4 is 11.8 Å². The van der Waals surface area contributed by atoms with Gasteiger partial charge in [-0.05, 0) is 13.0 Å². The maximum absolute atomic E-state index is 8.59. The van der Waals surface area contributed by atoms with Crippen molar-refractivity contribution in [2.45, 2.75) is 12.1 Å². The quantitative estimate of drug-likeness (QED) is 0.613. The van der Waals surface area contributed by atoms with Crippen LogP contribution in [0.4, 0.5) is 0 Å². The second-order valence-electron chi connectivity index (χ2n) is 3.94. The molecule has 0 atom stereocenters. The fraction of sp³-hybridized carbons (Fsp3) is 0.500. The molecule has 2 aromatic heterocycles. The molecule has 2 aromatic rings. The van der Waals surface area contributed by atoms with Crippen LogP contribution in [0, 0.1) is 6.92 Å². The van der Waals surface area contributed by atoms with Crippen molar-refractivity contribution in [3.8, 4) is 11.4 Å². The van der Waals surface area contributed by atoms with E-state index in [0.29, 0.717) is 13.2 Å². The van der Waals surface area contributed by atoms with Crippen molar-refractivity contribution in [1.29, 1.82) is 0 Å². The minimum atomic E-state index is 0.0541. The van der Waals surface area contributed by atoms with Crippen LogP contribution in [0.15, 0.2) is 21.9 Å². The molecule has 0 bridgehead atoms. The Balaban J connectivity index is 1.97. The maximum atomic E-state index is 8.59. The average Bonchev–Trinajstić information content (AvgIpc) is 2.96. The predicted molar refractivity (Wildman–Crippen MR) is 72.1 cm³/mol. The molecule has 0 spiro atoms. The van der Waals surface area contributed by atoms with Crippen LogP contribution in [-0.4, -0.2) is 45.4 Å². The molecular formula is C12H17N3O3S. The van der Waals surface area contributed by atoms with Crippen molar-refractivity contribution in [3.63, 3.8) is 0 Å². The summed E-state index contributed by atoms with van der Waals surface area (Å²) >= 11 is 1.57. The number of hydrogen-bond donors (Lipinski definition) is 1. The van der Waals surface area contributed by atoms with Gasteiger partial charge in [-0.2, -0.15) is 0 Å². The van der Waals surface area contributed by atoms with Gasteiger partial charge in [0.1, 0.15) is 5.76 Å². The zero-order valence-corrected chi connectivity index (χ0v) is 11.8. The second kappa shape index (κ2) is 6.74. The monoisotopic (exact) mass is 283 g/mol. The molecule has 0 fully saturated rings. The first-order valence-corrected chi connectivity index (χ1v) is 6.98. The standard InChI is InChI=1S/C12H17N3O3S/c1-9-10(3-5-18-9)11-13-14-12(15(11)2)19-8-7-17-6-4-16/h3,5,16H,4,6-8H2,1-2H3. The second-order valence-corrected chi connectivity index (χ2v) is 5.00. The minimum Gasteiger partial charge on any atom is -0.469 e. The number of nitrogens with zero attached hydrogens (tertiary/aromatic N) is 3. The van der Waals surface area contributed by atoms with Crippen LogP contribution in [0.3, 0.4) is 0 Å². The number of aromatic nitrogens is 3. The van der Waals surface area contributed by atoms with E-state index >= 15 is 0 Å². The Hall–Kier alpha value is -1.31. The Morgan fingerprint density at radius 2 is 2.26 bits per heavy atom. The largest absolute Gasteiger partial charge is 0.469 e. The molecule has 0 aliphatic heterocycles. The van der Waals surface area contributed by atoms with E-state index in [1.54, 1.807) is 18.0 Å². The van der Waals surface area contributed by atoms with Gasteiger partial charge < -0.3 is 18.8 Å². The van der Waals surface area contributed by atoms with Gasteiger partial charge >= 0.3 is 0 Å². The van der Waals surface area contributed by atoms with E-state index in [4.69, 9.17) is 14.3 Å². The molecule has 0 aliphatic rings. The van der Waals surface area contributed by atoms with E-state index in [0.717, 1.165) is 28.1 Å². The molecule has 0 saturated carbocycles. The summed E-state index contributed by atoms with van der Waals surface area (Å²) in [5.41, 5.74) is 0.957. The van der Waals surface area contributed by atoms with Crippen molar-refractivity contribution in [2.24, 2.45) is 7.05 Å². The summed E-state index contributed by atoms with van der Waals surface area (Å²) in [5, 5.41) is 17.8. The summed E-state index contributed by atoms with van der Waals surface area (Å²) in [5.74, 6) is 2.40. The predicted octanol–water partition coefficient (Wildman–Crippen LogP) is 1.48. The lowest BCUT2D eigenvalue weighted by Gasteiger charge is -2.03. The van der Waals surface area contributed by atoms with E-state index in [-0.39, 0.29) is 6.61 Å². The van der Waals surface area contributed by atoms with Crippen LogP contribution in [-0.2, 0) is 11.8 Å². The Labute approximate surface area is 115 Å². The van der Waals surface area contributed by atoms with Gasteiger partial charge in [0.25, 0.3) is 0 Å². The van der Waals surface area contributed by atoms with Crippen LogP contribution >= 0.6 is 11.8 Å². The van der Waals surface area contributed by atoms with E-state index < -0.39 is 0 Å². The van der Waals surface area contributed by atoms with Crippen molar-refractivity contribution in [3.05, 3.63) is 18.1 Å². The third-order valence-electron chi connectivity index (χ3n) is 2.63. The molecule has 6 nitrogen and oxygen atoms in total. The number of aliphatic hydroxyl groups is 1. The summed E-state index contributed by atoms with van der Waals surface area (Å²) in [6.07, 6.45) is 1.65.